The largest absolute Gasteiger partial charge is 0.389 e. The van der Waals surface area contributed by atoms with E-state index in [1.54, 1.807) is 0 Å². The second-order valence-corrected chi connectivity index (χ2v) is 3.54. The summed E-state index contributed by atoms with van der Waals surface area (Å²) < 4.78 is 0. The van der Waals surface area contributed by atoms with Gasteiger partial charge in [-0.25, -0.2) is 0 Å². The van der Waals surface area contributed by atoms with Gasteiger partial charge < -0.3 is 11.1 Å². The molecule has 0 saturated heterocycles. The molecule has 1 aromatic carbocycles. The Morgan fingerprint density at radius 1 is 1.40 bits per heavy atom. The molecule has 3 N–H and O–H groups in total. The van der Waals surface area contributed by atoms with E-state index in [0.29, 0.717) is 4.99 Å². The quantitative estimate of drug-likeness (QED) is 0.456. The van der Waals surface area contributed by atoms with E-state index in [1.807, 2.05) is 31.3 Å². The van der Waals surface area contributed by atoms with Gasteiger partial charge in [-0.3, -0.25) is 0 Å². The van der Waals surface area contributed by atoms with Gasteiger partial charge in [0.25, 0.3) is 0 Å². The zero-order valence-electron chi connectivity index (χ0n) is 8.71. The van der Waals surface area contributed by atoms with Crippen molar-refractivity contribution in [3.05, 3.63) is 35.4 Å². The van der Waals surface area contributed by atoms with Gasteiger partial charge in [-0.15, -0.1) is 0 Å². The predicted molar refractivity (Wildman–Crippen MR) is 67.8 cm³/mol. The van der Waals surface area contributed by atoms with Crippen molar-refractivity contribution in [1.82, 2.24) is 5.32 Å². The Labute approximate surface area is 95.9 Å². The fourth-order valence-electron chi connectivity index (χ4n) is 1.07. The second-order valence-electron chi connectivity index (χ2n) is 3.10. The molecule has 0 heterocycles. The fraction of sp³-hybridized carbons (Fsp3) is 0.250. The van der Waals surface area contributed by atoms with Crippen LogP contribution in [0.1, 0.15) is 17.5 Å². The molecule has 1 rings (SSSR count). The average Bonchev–Trinajstić information content (AvgIpc) is 2.25. The zero-order valence-corrected chi connectivity index (χ0v) is 9.53. The molecule has 0 bridgehead atoms. The molecular weight excluding hydrogens is 204 g/mol. The molecule has 0 saturated carbocycles. The maximum atomic E-state index is 5.49. The van der Waals surface area contributed by atoms with Crippen molar-refractivity contribution in [2.75, 3.05) is 13.6 Å². The molecule has 0 amide bonds. The molecule has 0 aromatic heterocycles. The second kappa shape index (κ2) is 6.18. The molecule has 3 heteroatoms. The number of benzene rings is 1. The molecule has 0 aliphatic rings. The molecule has 2 nitrogen and oxygen atoms in total. The third-order valence-electron chi connectivity index (χ3n) is 1.90. The van der Waals surface area contributed by atoms with Gasteiger partial charge in [0.05, 0.1) is 0 Å². The van der Waals surface area contributed by atoms with Crippen LogP contribution in [-0.4, -0.2) is 18.6 Å². The highest BCUT2D eigenvalue weighted by Gasteiger charge is 1.93. The summed E-state index contributed by atoms with van der Waals surface area (Å²) in [4.78, 5) is 0.421. The number of hydrogen-bond acceptors (Lipinski definition) is 2. The van der Waals surface area contributed by atoms with E-state index in [0.717, 1.165) is 24.1 Å². The summed E-state index contributed by atoms with van der Waals surface area (Å²) in [6.45, 7) is 0.915. The van der Waals surface area contributed by atoms with Gasteiger partial charge in [0.1, 0.15) is 4.99 Å². The van der Waals surface area contributed by atoms with Crippen LogP contribution in [0.15, 0.2) is 24.3 Å². The SMILES string of the molecule is CNCCC#Cc1ccc(C(N)=S)cc1. The summed E-state index contributed by atoms with van der Waals surface area (Å²) in [6, 6.07) is 7.65. The highest BCUT2D eigenvalue weighted by Crippen LogP contribution is 2.02. The fourth-order valence-corrected chi connectivity index (χ4v) is 1.21. The molecule has 0 spiro atoms. The van der Waals surface area contributed by atoms with Crippen molar-refractivity contribution >= 4 is 17.2 Å². The lowest BCUT2D eigenvalue weighted by molar-refractivity contribution is 0.818. The normalized spacial score (nSPS) is 9.13. The van der Waals surface area contributed by atoms with Crippen LogP contribution < -0.4 is 11.1 Å². The lowest BCUT2D eigenvalue weighted by atomic mass is 10.1. The molecule has 0 radical (unpaired) electrons. The van der Waals surface area contributed by atoms with Crippen LogP contribution in [0.4, 0.5) is 0 Å². The van der Waals surface area contributed by atoms with E-state index in [4.69, 9.17) is 18.0 Å². The van der Waals surface area contributed by atoms with Crippen LogP contribution in [0.5, 0.6) is 0 Å². The first-order valence-corrected chi connectivity index (χ1v) is 5.18. The van der Waals surface area contributed by atoms with Crippen LogP contribution in [0.25, 0.3) is 0 Å². The van der Waals surface area contributed by atoms with E-state index in [2.05, 4.69) is 17.2 Å². The van der Waals surface area contributed by atoms with Crippen molar-refractivity contribution in [3.63, 3.8) is 0 Å². The number of thiocarbonyl (C=S) groups is 1. The number of nitrogens with one attached hydrogen (secondary N) is 1. The van der Waals surface area contributed by atoms with Gasteiger partial charge in [0.2, 0.25) is 0 Å². The van der Waals surface area contributed by atoms with Gasteiger partial charge in [-0.05, 0) is 19.2 Å². The average molecular weight is 218 g/mol. The number of nitrogens with two attached hydrogens (primary N) is 1. The van der Waals surface area contributed by atoms with E-state index in [-0.39, 0.29) is 0 Å². The van der Waals surface area contributed by atoms with Gasteiger partial charge in [-0.2, -0.15) is 0 Å². The molecule has 0 atom stereocenters. The van der Waals surface area contributed by atoms with Crippen molar-refractivity contribution < 1.29 is 0 Å². The first-order valence-electron chi connectivity index (χ1n) is 4.77. The predicted octanol–water partition coefficient (Wildman–Crippen LogP) is 1.28. The van der Waals surface area contributed by atoms with Gasteiger partial charge in [0, 0.05) is 24.1 Å². The van der Waals surface area contributed by atoms with Gasteiger partial charge in [0.15, 0.2) is 0 Å². The summed E-state index contributed by atoms with van der Waals surface area (Å²) >= 11 is 4.86. The minimum absolute atomic E-state index is 0.421. The molecule has 0 aliphatic heterocycles. The Morgan fingerprint density at radius 3 is 2.60 bits per heavy atom. The minimum atomic E-state index is 0.421. The topological polar surface area (TPSA) is 38.0 Å². The summed E-state index contributed by atoms with van der Waals surface area (Å²) in [6.07, 6.45) is 0.855. The van der Waals surface area contributed by atoms with Gasteiger partial charge in [-0.1, -0.05) is 36.2 Å². The van der Waals surface area contributed by atoms with Crippen molar-refractivity contribution in [1.29, 1.82) is 0 Å². The van der Waals surface area contributed by atoms with Crippen LogP contribution in [-0.2, 0) is 0 Å². The van der Waals surface area contributed by atoms with Crippen molar-refractivity contribution in [2.24, 2.45) is 5.73 Å². The van der Waals surface area contributed by atoms with Crippen molar-refractivity contribution in [2.45, 2.75) is 6.42 Å². The Kier molecular flexibility index (Phi) is 4.82. The van der Waals surface area contributed by atoms with E-state index >= 15 is 0 Å². The van der Waals surface area contributed by atoms with Crippen LogP contribution >= 0.6 is 12.2 Å². The molecule has 15 heavy (non-hydrogen) atoms. The molecular formula is C12H14N2S. The number of rotatable bonds is 3. The standard InChI is InChI=1S/C12H14N2S/c1-14-9-3-2-4-10-5-7-11(8-6-10)12(13)15/h5-8,14H,3,9H2,1H3,(H2,13,15). The molecule has 0 fully saturated rings. The third-order valence-corrected chi connectivity index (χ3v) is 2.14. The monoisotopic (exact) mass is 218 g/mol. The maximum absolute atomic E-state index is 5.49. The Balaban J connectivity index is 2.63. The molecule has 0 aliphatic carbocycles. The first kappa shape index (κ1) is 11.7. The molecule has 0 unspecified atom stereocenters. The molecule has 78 valence electrons. The highest BCUT2D eigenvalue weighted by atomic mass is 32.1. The summed E-state index contributed by atoms with van der Waals surface area (Å²) in [5, 5.41) is 3.04. The summed E-state index contributed by atoms with van der Waals surface area (Å²) in [5.74, 6) is 6.15. The Hall–Kier alpha value is -1.37. The minimum Gasteiger partial charge on any atom is -0.389 e. The summed E-state index contributed by atoms with van der Waals surface area (Å²) in [5.41, 5.74) is 7.36. The van der Waals surface area contributed by atoms with E-state index in [1.165, 1.54) is 0 Å². The lowest BCUT2D eigenvalue weighted by Crippen LogP contribution is -2.08. The van der Waals surface area contributed by atoms with Crippen LogP contribution in [0, 0.1) is 11.8 Å². The van der Waals surface area contributed by atoms with Crippen LogP contribution in [0.2, 0.25) is 0 Å². The third kappa shape index (κ3) is 4.11. The first-order chi connectivity index (χ1) is 7.24. The van der Waals surface area contributed by atoms with Crippen molar-refractivity contribution in [3.8, 4) is 11.8 Å². The molecule has 1 aromatic rings. The zero-order chi connectivity index (χ0) is 11.1. The Bertz CT molecular complexity index is 384. The Morgan fingerprint density at radius 2 is 2.07 bits per heavy atom. The summed E-state index contributed by atoms with van der Waals surface area (Å²) in [7, 11) is 1.92. The lowest BCUT2D eigenvalue weighted by Gasteiger charge is -1.96. The van der Waals surface area contributed by atoms with Crippen LogP contribution in [0.3, 0.4) is 0 Å². The smallest absolute Gasteiger partial charge is 0.103 e. The van der Waals surface area contributed by atoms with E-state index < -0.39 is 0 Å². The number of hydrogen-bond donors (Lipinski definition) is 2. The maximum Gasteiger partial charge on any atom is 0.103 e. The van der Waals surface area contributed by atoms with E-state index in [9.17, 15) is 0 Å². The van der Waals surface area contributed by atoms with Gasteiger partial charge >= 0.3 is 0 Å². The highest BCUT2D eigenvalue weighted by molar-refractivity contribution is 7.80.